The third kappa shape index (κ3) is 2.98. The molecule has 0 saturated heterocycles. The summed E-state index contributed by atoms with van der Waals surface area (Å²) in [5.74, 6) is 0.589. The van der Waals surface area contributed by atoms with Crippen molar-refractivity contribution in [3.05, 3.63) is 59.5 Å². The average molecular weight is 230 g/mol. The Kier molecular flexibility index (Phi) is 3.99. The first-order valence-corrected chi connectivity index (χ1v) is 6.11. The molecule has 0 amide bonds. The fourth-order valence-corrected chi connectivity index (χ4v) is 1.86. The molecule has 0 bridgehead atoms. The Morgan fingerprint density at radius 2 is 1.94 bits per heavy atom. The van der Waals surface area contributed by atoms with Crippen molar-refractivity contribution < 1.29 is 9.52 Å². The molecule has 0 aliphatic carbocycles. The summed E-state index contributed by atoms with van der Waals surface area (Å²) in [4.78, 5) is 0. The molecule has 1 aromatic carbocycles. The summed E-state index contributed by atoms with van der Waals surface area (Å²) in [6.45, 7) is 2.19. The molecular weight excluding hydrogens is 212 g/mol. The second-order valence-electron chi connectivity index (χ2n) is 4.26. The van der Waals surface area contributed by atoms with Crippen LogP contribution in [0.5, 0.6) is 0 Å². The SMILES string of the molecule is CCCCc1ccc([C@@H](O)c2ccco2)cc1. The van der Waals surface area contributed by atoms with Crippen LogP contribution in [-0.2, 0) is 6.42 Å². The minimum atomic E-state index is -0.662. The van der Waals surface area contributed by atoms with Crippen LogP contribution in [0, 0.1) is 0 Å². The lowest BCUT2D eigenvalue weighted by Crippen LogP contribution is -1.98. The highest BCUT2D eigenvalue weighted by Crippen LogP contribution is 2.22. The van der Waals surface area contributed by atoms with E-state index >= 15 is 0 Å². The molecule has 1 aromatic heterocycles. The molecule has 2 aromatic rings. The highest BCUT2D eigenvalue weighted by atomic mass is 16.4. The molecule has 17 heavy (non-hydrogen) atoms. The van der Waals surface area contributed by atoms with Crippen molar-refractivity contribution in [3.8, 4) is 0 Å². The van der Waals surface area contributed by atoms with Crippen molar-refractivity contribution in [2.24, 2.45) is 0 Å². The van der Waals surface area contributed by atoms with Gasteiger partial charge in [-0.05, 0) is 36.1 Å². The Morgan fingerprint density at radius 1 is 1.18 bits per heavy atom. The molecule has 0 fully saturated rings. The van der Waals surface area contributed by atoms with Gasteiger partial charge in [0.2, 0.25) is 0 Å². The average Bonchev–Trinajstić information content (AvgIpc) is 2.90. The molecular formula is C15H18O2. The number of benzene rings is 1. The highest BCUT2D eigenvalue weighted by molar-refractivity contribution is 5.28. The Hall–Kier alpha value is -1.54. The fourth-order valence-electron chi connectivity index (χ4n) is 1.86. The van der Waals surface area contributed by atoms with E-state index in [1.807, 2.05) is 12.1 Å². The lowest BCUT2D eigenvalue weighted by molar-refractivity contribution is 0.189. The van der Waals surface area contributed by atoms with Crippen LogP contribution in [0.4, 0.5) is 0 Å². The molecule has 0 unspecified atom stereocenters. The third-order valence-corrected chi connectivity index (χ3v) is 2.93. The van der Waals surface area contributed by atoms with Gasteiger partial charge in [0, 0.05) is 0 Å². The zero-order valence-corrected chi connectivity index (χ0v) is 10.1. The molecule has 0 spiro atoms. The third-order valence-electron chi connectivity index (χ3n) is 2.93. The lowest BCUT2D eigenvalue weighted by Gasteiger charge is -2.09. The number of rotatable bonds is 5. The Labute approximate surface area is 102 Å². The molecule has 0 radical (unpaired) electrons. The predicted molar refractivity (Wildman–Crippen MR) is 67.8 cm³/mol. The van der Waals surface area contributed by atoms with E-state index in [0.29, 0.717) is 5.76 Å². The molecule has 90 valence electrons. The van der Waals surface area contributed by atoms with Gasteiger partial charge in [-0.3, -0.25) is 0 Å². The van der Waals surface area contributed by atoms with Gasteiger partial charge in [-0.15, -0.1) is 0 Å². The van der Waals surface area contributed by atoms with Crippen LogP contribution in [0.3, 0.4) is 0 Å². The van der Waals surface area contributed by atoms with E-state index in [4.69, 9.17) is 4.42 Å². The quantitative estimate of drug-likeness (QED) is 0.849. The molecule has 0 aliphatic heterocycles. The van der Waals surface area contributed by atoms with E-state index < -0.39 is 6.10 Å². The smallest absolute Gasteiger partial charge is 0.137 e. The summed E-state index contributed by atoms with van der Waals surface area (Å²) in [6.07, 6.45) is 4.43. The van der Waals surface area contributed by atoms with E-state index in [1.165, 1.54) is 18.4 Å². The number of hydrogen-bond acceptors (Lipinski definition) is 2. The molecule has 1 N–H and O–H groups in total. The van der Waals surface area contributed by atoms with Gasteiger partial charge in [-0.2, -0.15) is 0 Å². The zero-order chi connectivity index (χ0) is 12.1. The maximum Gasteiger partial charge on any atom is 0.137 e. The van der Waals surface area contributed by atoms with Crippen LogP contribution in [0.25, 0.3) is 0 Å². The van der Waals surface area contributed by atoms with Crippen molar-refractivity contribution in [2.75, 3.05) is 0 Å². The van der Waals surface area contributed by atoms with Gasteiger partial charge in [0.1, 0.15) is 11.9 Å². The van der Waals surface area contributed by atoms with Crippen LogP contribution in [0.2, 0.25) is 0 Å². The first-order valence-electron chi connectivity index (χ1n) is 6.11. The van der Waals surface area contributed by atoms with Gasteiger partial charge in [-0.1, -0.05) is 37.6 Å². The highest BCUT2D eigenvalue weighted by Gasteiger charge is 2.12. The Morgan fingerprint density at radius 3 is 2.53 bits per heavy atom. The Bertz CT molecular complexity index is 428. The van der Waals surface area contributed by atoms with Crippen LogP contribution in [0.15, 0.2) is 47.1 Å². The van der Waals surface area contributed by atoms with Crippen molar-refractivity contribution in [3.63, 3.8) is 0 Å². The van der Waals surface area contributed by atoms with Crippen molar-refractivity contribution >= 4 is 0 Å². The Balaban J connectivity index is 2.07. The molecule has 0 aliphatic rings. The zero-order valence-electron chi connectivity index (χ0n) is 10.1. The largest absolute Gasteiger partial charge is 0.466 e. The monoisotopic (exact) mass is 230 g/mol. The number of unbranched alkanes of at least 4 members (excludes halogenated alkanes) is 1. The van der Waals surface area contributed by atoms with Crippen LogP contribution in [-0.4, -0.2) is 5.11 Å². The van der Waals surface area contributed by atoms with Gasteiger partial charge in [0.15, 0.2) is 0 Å². The molecule has 2 heteroatoms. The number of aryl methyl sites for hydroxylation is 1. The minimum absolute atomic E-state index is 0.589. The first-order chi connectivity index (χ1) is 8.31. The summed E-state index contributed by atoms with van der Waals surface area (Å²) in [5.41, 5.74) is 2.20. The van der Waals surface area contributed by atoms with Crippen molar-refractivity contribution in [1.82, 2.24) is 0 Å². The number of aliphatic hydroxyl groups is 1. The molecule has 2 rings (SSSR count). The fraction of sp³-hybridized carbons (Fsp3) is 0.333. The minimum Gasteiger partial charge on any atom is -0.466 e. The molecule has 1 heterocycles. The number of aliphatic hydroxyl groups excluding tert-OH is 1. The van der Waals surface area contributed by atoms with Gasteiger partial charge < -0.3 is 9.52 Å². The van der Waals surface area contributed by atoms with Gasteiger partial charge in [0.25, 0.3) is 0 Å². The standard InChI is InChI=1S/C15H18O2/c1-2-3-5-12-7-9-13(10-8-12)15(16)14-6-4-11-17-14/h4,6-11,15-16H,2-3,5H2,1H3/t15-/m1/s1. The first kappa shape index (κ1) is 11.9. The maximum atomic E-state index is 10.1. The second kappa shape index (κ2) is 5.69. The van der Waals surface area contributed by atoms with Gasteiger partial charge in [-0.25, -0.2) is 0 Å². The molecule has 2 nitrogen and oxygen atoms in total. The predicted octanol–water partition coefficient (Wildman–Crippen LogP) is 3.70. The van der Waals surface area contributed by atoms with Crippen LogP contribution >= 0.6 is 0 Å². The van der Waals surface area contributed by atoms with E-state index in [-0.39, 0.29) is 0 Å². The van der Waals surface area contributed by atoms with Crippen LogP contribution < -0.4 is 0 Å². The second-order valence-corrected chi connectivity index (χ2v) is 4.26. The topological polar surface area (TPSA) is 33.4 Å². The molecule has 1 atom stereocenters. The van der Waals surface area contributed by atoms with E-state index in [2.05, 4.69) is 19.1 Å². The van der Waals surface area contributed by atoms with Gasteiger partial charge in [0.05, 0.1) is 6.26 Å². The van der Waals surface area contributed by atoms with Crippen LogP contribution in [0.1, 0.15) is 42.8 Å². The maximum absolute atomic E-state index is 10.1. The van der Waals surface area contributed by atoms with Crippen molar-refractivity contribution in [2.45, 2.75) is 32.3 Å². The summed E-state index contributed by atoms with van der Waals surface area (Å²) >= 11 is 0. The summed E-state index contributed by atoms with van der Waals surface area (Å²) in [5, 5.41) is 10.1. The summed E-state index contributed by atoms with van der Waals surface area (Å²) in [6, 6.07) is 11.7. The van der Waals surface area contributed by atoms with E-state index in [9.17, 15) is 5.11 Å². The normalized spacial score (nSPS) is 12.6. The molecule has 0 saturated carbocycles. The van der Waals surface area contributed by atoms with E-state index in [0.717, 1.165) is 12.0 Å². The number of furan rings is 1. The lowest BCUT2D eigenvalue weighted by atomic mass is 10.0. The number of hydrogen-bond donors (Lipinski definition) is 1. The summed E-state index contributed by atoms with van der Waals surface area (Å²) < 4.78 is 5.19. The van der Waals surface area contributed by atoms with Crippen molar-refractivity contribution in [1.29, 1.82) is 0 Å². The van der Waals surface area contributed by atoms with E-state index in [1.54, 1.807) is 18.4 Å². The summed E-state index contributed by atoms with van der Waals surface area (Å²) in [7, 11) is 0. The van der Waals surface area contributed by atoms with Gasteiger partial charge >= 0.3 is 0 Å².